The van der Waals surface area contributed by atoms with Crippen LogP contribution in [-0.4, -0.2) is 11.6 Å². The minimum atomic E-state index is -0.213. The van der Waals surface area contributed by atoms with Gasteiger partial charge in [-0.2, -0.15) is 0 Å². The normalized spacial score (nSPS) is 37.8. The van der Waals surface area contributed by atoms with Gasteiger partial charge in [-0.3, -0.25) is 9.59 Å². The highest BCUT2D eigenvalue weighted by Gasteiger charge is 2.56. The molecule has 2 saturated carbocycles. The van der Waals surface area contributed by atoms with Crippen LogP contribution in [0.3, 0.4) is 0 Å². The quantitative estimate of drug-likeness (QED) is 0.555. The first-order valence-electron chi connectivity index (χ1n) is 5.38. The molecule has 0 saturated heterocycles. The Bertz CT molecular complexity index is 290. The van der Waals surface area contributed by atoms with Gasteiger partial charge in [0.25, 0.3) is 0 Å². The number of carbonyl (C=O) groups excluding carboxylic acids is 2. The first-order chi connectivity index (χ1) is 6.33. The lowest BCUT2D eigenvalue weighted by molar-refractivity contribution is -0.136. The summed E-state index contributed by atoms with van der Waals surface area (Å²) in [4.78, 5) is 22.8. The van der Waals surface area contributed by atoms with Crippen LogP contribution in [0.25, 0.3) is 0 Å². The Balaban J connectivity index is 2.05. The van der Waals surface area contributed by atoms with Crippen molar-refractivity contribution in [1.82, 2.24) is 0 Å². The molecule has 0 amide bonds. The summed E-state index contributed by atoms with van der Waals surface area (Å²) in [6, 6.07) is 0. The predicted molar refractivity (Wildman–Crippen MR) is 53.9 cm³/mol. The summed E-state index contributed by atoms with van der Waals surface area (Å²) in [6.07, 6.45) is 2.62. The van der Waals surface area contributed by atoms with Crippen LogP contribution in [0.4, 0.5) is 0 Å². The van der Waals surface area contributed by atoms with Gasteiger partial charge >= 0.3 is 0 Å². The van der Waals surface area contributed by atoms with Crippen molar-refractivity contribution in [2.45, 2.75) is 46.5 Å². The Morgan fingerprint density at radius 2 is 1.79 bits per heavy atom. The van der Waals surface area contributed by atoms with E-state index in [0.717, 1.165) is 12.8 Å². The van der Waals surface area contributed by atoms with E-state index >= 15 is 0 Å². The van der Waals surface area contributed by atoms with Gasteiger partial charge in [0.1, 0.15) is 11.6 Å². The third kappa shape index (κ3) is 1.32. The van der Waals surface area contributed by atoms with Crippen molar-refractivity contribution < 1.29 is 9.59 Å². The molecule has 2 aliphatic carbocycles. The van der Waals surface area contributed by atoms with E-state index in [1.807, 2.05) is 0 Å². The molecule has 1 spiro atoms. The molecule has 0 heterocycles. The lowest BCUT2D eigenvalue weighted by atomic mass is 9.53. The van der Waals surface area contributed by atoms with Crippen molar-refractivity contribution in [3.05, 3.63) is 0 Å². The zero-order valence-electron chi connectivity index (χ0n) is 9.22. The molecule has 78 valence electrons. The highest BCUT2D eigenvalue weighted by Crippen LogP contribution is 2.58. The fraction of sp³-hybridized carbons (Fsp3) is 0.833. The molecule has 2 nitrogen and oxygen atoms in total. The largest absolute Gasteiger partial charge is 0.299 e. The van der Waals surface area contributed by atoms with E-state index in [4.69, 9.17) is 0 Å². The summed E-state index contributed by atoms with van der Waals surface area (Å²) in [5, 5.41) is 0. The van der Waals surface area contributed by atoms with E-state index in [1.165, 1.54) is 0 Å². The van der Waals surface area contributed by atoms with E-state index < -0.39 is 0 Å². The molecule has 0 N–H and O–H groups in total. The maximum absolute atomic E-state index is 11.6. The highest BCUT2D eigenvalue weighted by atomic mass is 16.2. The minimum absolute atomic E-state index is 0.155. The molecule has 2 rings (SSSR count). The second-order valence-corrected chi connectivity index (χ2v) is 6.07. The summed E-state index contributed by atoms with van der Waals surface area (Å²) in [6.45, 7) is 6.64. The lowest BCUT2D eigenvalue weighted by Crippen LogP contribution is -2.45. The van der Waals surface area contributed by atoms with Gasteiger partial charge in [0.2, 0.25) is 0 Å². The number of hydrogen-bond acceptors (Lipinski definition) is 2. The minimum Gasteiger partial charge on any atom is -0.299 e. The van der Waals surface area contributed by atoms with Crippen LogP contribution in [0.15, 0.2) is 0 Å². The fourth-order valence-electron chi connectivity index (χ4n) is 2.77. The molecule has 2 aliphatic rings. The standard InChI is InChI=1S/C12H18O2/c1-11(2,3)8-5-12(6-8)7-9(13)4-10(12)14/h8H,4-7H2,1-3H3. The van der Waals surface area contributed by atoms with Gasteiger partial charge in [-0.1, -0.05) is 20.8 Å². The second kappa shape index (κ2) is 2.68. The van der Waals surface area contributed by atoms with E-state index in [2.05, 4.69) is 20.8 Å². The summed E-state index contributed by atoms with van der Waals surface area (Å²) in [5.74, 6) is 0.989. The number of rotatable bonds is 0. The van der Waals surface area contributed by atoms with Gasteiger partial charge in [-0.05, 0) is 24.2 Å². The van der Waals surface area contributed by atoms with Crippen molar-refractivity contribution >= 4 is 11.6 Å². The van der Waals surface area contributed by atoms with Gasteiger partial charge in [0.05, 0.1) is 6.42 Å². The predicted octanol–water partition coefficient (Wildman–Crippen LogP) is 2.36. The van der Waals surface area contributed by atoms with Crippen LogP contribution >= 0.6 is 0 Å². The maximum Gasteiger partial charge on any atom is 0.146 e. The van der Waals surface area contributed by atoms with E-state index in [0.29, 0.717) is 12.3 Å². The van der Waals surface area contributed by atoms with Gasteiger partial charge in [0, 0.05) is 11.8 Å². The third-order valence-corrected chi connectivity index (χ3v) is 3.98. The molecule has 2 heteroatoms. The van der Waals surface area contributed by atoms with Crippen molar-refractivity contribution in [2.75, 3.05) is 0 Å². The Kier molecular flexibility index (Phi) is 1.89. The average molecular weight is 194 g/mol. The molecule has 0 radical (unpaired) electrons. The van der Waals surface area contributed by atoms with Crippen LogP contribution in [-0.2, 0) is 9.59 Å². The van der Waals surface area contributed by atoms with Crippen molar-refractivity contribution in [3.8, 4) is 0 Å². The molecular weight excluding hydrogens is 176 g/mol. The number of Topliss-reactive ketones (excluding diaryl/α,β-unsaturated/α-hetero) is 2. The Labute approximate surface area is 85.1 Å². The highest BCUT2D eigenvalue weighted by molar-refractivity contribution is 6.09. The van der Waals surface area contributed by atoms with Crippen LogP contribution in [0.2, 0.25) is 0 Å². The van der Waals surface area contributed by atoms with Crippen LogP contribution in [0.1, 0.15) is 46.5 Å². The second-order valence-electron chi connectivity index (χ2n) is 6.07. The molecule has 0 aromatic carbocycles. The molecule has 0 bridgehead atoms. The first kappa shape index (κ1) is 9.88. The molecule has 2 fully saturated rings. The third-order valence-electron chi connectivity index (χ3n) is 3.98. The SMILES string of the molecule is CC(C)(C)C1CC2(CC(=O)CC2=O)C1. The number of ketones is 2. The zero-order valence-corrected chi connectivity index (χ0v) is 9.22. The van der Waals surface area contributed by atoms with Crippen LogP contribution in [0, 0.1) is 16.7 Å². The summed E-state index contributed by atoms with van der Waals surface area (Å²) >= 11 is 0. The Morgan fingerprint density at radius 1 is 1.21 bits per heavy atom. The molecule has 0 aromatic heterocycles. The summed E-state index contributed by atoms with van der Waals surface area (Å²) < 4.78 is 0. The van der Waals surface area contributed by atoms with E-state index in [-0.39, 0.29) is 28.8 Å². The monoisotopic (exact) mass is 194 g/mol. The van der Waals surface area contributed by atoms with Crippen molar-refractivity contribution in [3.63, 3.8) is 0 Å². The van der Waals surface area contributed by atoms with Gasteiger partial charge in [-0.15, -0.1) is 0 Å². The fourth-order valence-corrected chi connectivity index (χ4v) is 2.77. The molecular formula is C12H18O2. The first-order valence-corrected chi connectivity index (χ1v) is 5.38. The Hall–Kier alpha value is -0.660. The van der Waals surface area contributed by atoms with E-state index in [9.17, 15) is 9.59 Å². The number of hydrogen-bond donors (Lipinski definition) is 0. The maximum atomic E-state index is 11.6. The molecule has 0 aliphatic heterocycles. The molecule has 0 unspecified atom stereocenters. The van der Waals surface area contributed by atoms with Crippen molar-refractivity contribution in [1.29, 1.82) is 0 Å². The summed E-state index contributed by atoms with van der Waals surface area (Å²) in [5.41, 5.74) is 0.0756. The average Bonchev–Trinajstić information content (AvgIpc) is 2.19. The van der Waals surface area contributed by atoms with Crippen molar-refractivity contribution in [2.24, 2.45) is 16.7 Å². The van der Waals surface area contributed by atoms with Gasteiger partial charge in [-0.25, -0.2) is 0 Å². The smallest absolute Gasteiger partial charge is 0.146 e. The molecule has 14 heavy (non-hydrogen) atoms. The van der Waals surface area contributed by atoms with E-state index in [1.54, 1.807) is 0 Å². The van der Waals surface area contributed by atoms with Crippen LogP contribution in [0.5, 0.6) is 0 Å². The van der Waals surface area contributed by atoms with Gasteiger partial charge < -0.3 is 0 Å². The van der Waals surface area contributed by atoms with Gasteiger partial charge in [0.15, 0.2) is 0 Å². The lowest BCUT2D eigenvalue weighted by Gasteiger charge is -2.49. The zero-order chi connectivity index (χ0) is 10.6. The summed E-state index contributed by atoms with van der Waals surface area (Å²) in [7, 11) is 0. The van der Waals surface area contributed by atoms with Crippen LogP contribution < -0.4 is 0 Å². The molecule has 0 aromatic rings. The Morgan fingerprint density at radius 3 is 2.14 bits per heavy atom. The number of carbonyl (C=O) groups is 2. The topological polar surface area (TPSA) is 34.1 Å². The molecule has 0 atom stereocenters.